The van der Waals surface area contributed by atoms with E-state index in [0.717, 1.165) is 17.7 Å². The van der Waals surface area contributed by atoms with Crippen molar-refractivity contribution in [1.82, 2.24) is 10.1 Å². The Balaban J connectivity index is 1.63. The Bertz CT molecular complexity index is 671. The molecule has 1 fully saturated rings. The lowest BCUT2D eigenvalue weighted by Crippen LogP contribution is -2.53. The van der Waals surface area contributed by atoms with E-state index < -0.39 is 5.60 Å². The van der Waals surface area contributed by atoms with Gasteiger partial charge in [0, 0.05) is 12.6 Å². The van der Waals surface area contributed by atoms with Gasteiger partial charge in [-0.25, -0.2) is 0 Å². The number of carbonyl (C=O) groups excluding carboxylic acids is 1. The highest BCUT2D eigenvalue weighted by molar-refractivity contribution is 5.92. The lowest BCUT2D eigenvalue weighted by atomic mass is 9.93. The molecule has 0 radical (unpaired) electrons. The zero-order valence-electron chi connectivity index (χ0n) is 13.1. The summed E-state index contributed by atoms with van der Waals surface area (Å²) >= 11 is 0. The monoisotopic (exact) mass is 316 g/mol. The summed E-state index contributed by atoms with van der Waals surface area (Å²) in [7, 11) is 0. The van der Waals surface area contributed by atoms with Crippen molar-refractivity contribution in [3.63, 3.8) is 0 Å². The summed E-state index contributed by atoms with van der Waals surface area (Å²) in [5.74, 6) is 0.491. The average molecular weight is 316 g/mol. The molecule has 122 valence electrons. The topological polar surface area (TPSA) is 75.8 Å². The summed E-state index contributed by atoms with van der Waals surface area (Å²) in [5.41, 5.74) is 0.302. The van der Waals surface area contributed by atoms with Crippen LogP contribution in [0.2, 0.25) is 0 Å². The Morgan fingerprint density at radius 3 is 3.09 bits per heavy atom. The fraction of sp³-hybridized carbons (Fsp3) is 0.412. The number of hydrogen-bond donors (Lipinski definition) is 1. The third kappa shape index (κ3) is 3.71. The van der Waals surface area contributed by atoms with Crippen LogP contribution in [0.5, 0.6) is 5.75 Å². The maximum absolute atomic E-state index is 12.3. The number of rotatable bonds is 4. The summed E-state index contributed by atoms with van der Waals surface area (Å²) in [6.45, 7) is 2.96. The van der Waals surface area contributed by atoms with Crippen LogP contribution in [0.4, 0.5) is 0 Å². The van der Waals surface area contributed by atoms with Crippen LogP contribution in [0, 0.1) is 6.92 Å². The Morgan fingerprint density at radius 2 is 2.35 bits per heavy atom. The largest absolute Gasteiger partial charge is 0.491 e. The van der Waals surface area contributed by atoms with Crippen LogP contribution in [0.1, 0.15) is 28.9 Å². The minimum Gasteiger partial charge on any atom is -0.491 e. The number of nitrogens with zero attached hydrogens (tertiary/aromatic N) is 2. The summed E-state index contributed by atoms with van der Waals surface area (Å²) in [4.78, 5) is 13.9. The number of ether oxygens (including phenoxy) is 1. The van der Waals surface area contributed by atoms with Crippen molar-refractivity contribution >= 4 is 5.91 Å². The van der Waals surface area contributed by atoms with Crippen LogP contribution in [0.15, 0.2) is 41.1 Å². The molecule has 1 atom stereocenters. The summed E-state index contributed by atoms with van der Waals surface area (Å²) in [6.07, 6.45) is 2.68. The van der Waals surface area contributed by atoms with Crippen LogP contribution < -0.4 is 4.74 Å². The first-order valence-corrected chi connectivity index (χ1v) is 7.67. The molecule has 0 spiro atoms. The van der Waals surface area contributed by atoms with Crippen molar-refractivity contribution in [2.45, 2.75) is 25.4 Å². The molecule has 23 heavy (non-hydrogen) atoms. The van der Waals surface area contributed by atoms with Gasteiger partial charge in [-0.2, -0.15) is 0 Å². The minimum absolute atomic E-state index is 0.152. The number of amides is 1. The molecule has 1 amide bonds. The molecule has 0 bridgehead atoms. The van der Waals surface area contributed by atoms with Gasteiger partial charge in [-0.1, -0.05) is 17.3 Å². The maximum atomic E-state index is 12.3. The molecule has 2 heterocycles. The maximum Gasteiger partial charge on any atom is 0.276 e. The van der Waals surface area contributed by atoms with Gasteiger partial charge in [-0.3, -0.25) is 4.79 Å². The molecule has 0 aliphatic carbocycles. The zero-order chi connectivity index (χ0) is 16.3. The van der Waals surface area contributed by atoms with Crippen molar-refractivity contribution in [1.29, 1.82) is 0 Å². The van der Waals surface area contributed by atoms with E-state index in [1.807, 2.05) is 31.2 Å². The van der Waals surface area contributed by atoms with E-state index in [4.69, 9.17) is 9.26 Å². The van der Waals surface area contributed by atoms with Crippen molar-refractivity contribution in [3.8, 4) is 5.75 Å². The summed E-state index contributed by atoms with van der Waals surface area (Å²) in [6, 6.07) is 9.21. The average Bonchev–Trinajstić information content (AvgIpc) is 3.07. The molecule has 0 unspecified atom stereocenters. The Hall–Kier alpha value is -2.34. The number of likely N-dealkylation sites (tertiary alicyclic amines) is 1. The first-order chi connectivity index (χ1) is 11.1. The molecule has 0 saturated carbocycles. The van der Waals surface area contributed by atoms with E-state index in [9.17, 15) is 9.90 Å². The summed E-state index contributed by atoms with van der Waals surface area (Å²) in [5, 5.41) is 14.4. The normalized spacial score (nSPS) is 21.2. The molecule has 1 aliphatic heterocycles. The number of aliphatic hydroxyl groups is 1. The smallest absolute Gasteiger partial charge is 0.276 e. The van der Waals surface area contributed by atoms with Gasteiger partial charge >= 0.3 is 0 Å². The van der Waals surface area contributed by atoms with Crippen LogP contribution >= 0.6 is 0 Å². The fourth-order valence-electron chi connectivity index (χ4n) is 2.81. The molecule has 1 aliphatic rings. The van der Waals surface area contributed by atoms with Gasteiger partial charge in [0.25, 0.3) is 5.91 Å². The molecule has 2 aromatic rings. The number of hydrogen-bond acceptors (Lipinski definition) is 5. The number of piperidine rings is 1. The zero-order valence-corrected chi connectivity index (χ0v) is 13.1. The van der Waals surface area contributed by atoms with E-state index in [2.05, 4.69) is 5.16 Å². The Morgan fingerprint density at radius 1 is 1.48 bits per heavy atom. The van der Waals surface area contributed by atoms with E-state index in [-0.39, 0.29) is 24.8 Å². The number of aryl methyl sites for hydroxylation is 1. The Kier molecular flexibility index (Phi) is 4.34. The minimum atomic E-state index is -1.05. The standard InChI is InChI=1S/C17H20N2O4/c1-13-4-2-5-14(10-13)22-12-17(21)7-3-8-19(11-17)16(20)15-6-9-23-18-15/h2,4-6,9-10,21H,3,7-8,11-12H2,1H3/t17-/m0/s1. The SMILES string of the molecule is Cc1cccc(OC[C@]2(O)CCCN(C(=O)c3ccon3)C2)c1. The molecule has 1 aromatic heterocycles. The third-order valence-corrected chi connectivity index (χ3v) is 4.00. The van der Waals surface area contributed by atoms with Crippen LogP contribution in [0.3, 0.4) is 0 Å². The Labute approximate surface area is 134 Å². The van der Waals surface area contributed by atoms with Gasteiger partial charge in [-0.15, -0.1) is 0 Å². The van der Waals surface area contributed by atoms with Crippen LogP contribution in [0.25, 0.3) is 0 Å². The third-order valence-electron chi connectivity index (χ3n) is 4.00. The highest BCUT2D eigenvalue weighted by Crippen LogP contribution is 2.24. The van der Waals surface area contributed by atoms with Gasteiger partial charge in [0.2, 0.25) is 0 Å². The van der Waals surface area contributed by atoms with Crippen molar-refractivity contribution < 1.29 is 19.2 Å². The second-order valence-electron chi connectivity index (χ2n) is 6.04. The van der Waals surface area contributed by atoms with Crippen molar-refractivity contribution in [2.24, 2.45) is 0 Å². The first kappa shape index (κ1) is 15.6. The molecular weight excluding hydrogens is 296 g/mol. The molecule has 1 saturated heterocycles. The predicted octanol–water partition coefficient (Wildman–Crippen LogP) is 2.03. The van der Waals surface area contributed by atoms with E-state index in [0.29, 0.717) is 13.0 Å². The molecule has 6 heteroatoms. The molecule has 6 nitrogen and oxygen atoms in total. The molecule has 3 rings (SSSR count). The van der Waals surface area contributed by atoms with E-state index in [1.54, 1.807) is 4.90 Å². The number of carbonyl (C=O) groups is 1. The highest BCUT2D eigenvalue weighted by atomic mass is 16.5. The fourth-order valence-corrected chi connectivity index (χ4v) is 2.81. The molecule has 1 aromatic carbocycles. The molecular formula is C17H20N2O4. The second kappa shape index (κ2) is 6.42. The number of aromatic nitrogens is 1. The van der Waals surface area contributed by atoms with E-state index in [1.165, 1.54) is 12.3 Å². The van der Waals surface area contributed by atoms with Crippen molar-refractivity contribution in [3.05, 3.63) is 47.9 Å². The quantitative estimate of drug-likeness (QED) is 0.934. The second-order valence-corrected chi connectivity index (χ2v) is 6.04. The van der Waals surface area contributed by atoms with Gasteiger partial charge < -0.3 is 19.3 Å². The van der Waals surface area contributed by atoms with Gasteiger partial charge in [0.05, 0.1) is 6.54 Å². The van der Waals surface area contributed by atoms with Crippen LogP contribution in [-0.4, -0.2) is 46.4 Å². The van der Waals surface area contributed by atoms with Gasteiger partial charge in [0.15, 0.2) is 5.69 Å². The predicted molar refractivity (Wildman–Crippen MR) is 83.3 cm³/mol. The van der Waals surface area contributed by atoms with Gasteiger partial charge in [-0.05, 0) is 37.5 Å². The molecule has 1 N–H and O–H groups in total. The lowest BCUT2D eigenvalue weighted by Gasteiger charge is -2.38. The summed E-state index contributed by atoms with van der Waals surface area (Å²) < 4.78 is 10.4. The van der Waals surface area contributed by atoms with E-state index >= 15 is 0 Å². The lowest BCUT2D eigenvalue weighted by molar-refractivity contribution is -0.0533. The number of β-amino-alcohol motifs (C(OH)–C–C–N with tert-alkyl or cyclic N) is 1. The number of benzene rings is 1. The van der Waals surface area contributed by atoms with Crippen LogP contribution in [-0.2, 0) is 0 Å². The van der Waals surface area contributed by atoms with Gasteiger partial charge in [0.1, 0.15) is 24.2 Å². The highest BCUT2D eigenvalue weighted by Gasteiger charge is 2.36. The first-order valence-electron chi connectivity index (χ1n) is 7.67. The van der Waals surface area contributed by atoms with Crippen molar-refractivity contribution in [2.75, 3.05) is 19.7 Å².